The first-order valence-electron chi connectivity index (χ1n) is 6.74. The number of carbonyl (C=O) groups is 1. The second kappa shape index (κ2) is 3.73. The molecule has 0 radical (unpaired) electrons. The van der Waals surface area contributed by atoms with Gasteiger partial charge in [0, 0.05) is 23.6 Å². The smallest absolute Gasteiger partial charge is 0.234 e. The molecule has 1 amide bonds. The van der Waals surface area contributed by atoms with Gasteiger partial charge in [0.1, 0.15) is 11.9 Å². The predicted molar refractivity (Wildman–Crippen MR) is 74.7 cm³/mol. The van der Waals surface area contributed by atoms with Crippen LogP contribution in [0.25, 0.3) is 0 Å². The minimum Gasteiger partial charge on any atom is -0.488 e. The first kappa shape index (κ1) is 12.5. The van der Waals surface area contributed by atoms with Gasteiger partial charge in [0.05, 0.1) is 11.1 Å². The predicted octanol–water partition coefficient (Wildman–Crippen LogP) is 2.05. The van der Waals surface area contributed by atoms with Crippen molar-refractivity contribution >= 4 is 11.6 Å². The molecule has 0 spiro atoms. The second-order valence-corrected chi connectivity index (χ2v) is 6.12. The second-order valence-electron chi connectivity index (χ2n) is 6.12. The number of nitrogens with two attached hydrogens (primary N) is 1. The third-order valence-corrected chi connectivity index (χ3v) is 4.49. The first-order chi connectivity index (χ1) is 8.87. The number of nitrogens with one attached hydrogen (secondary N) is 1. The summed E-state index contributed by atoms with van der Waals surface area (Å²) in [6.07, 6.45) is 0.00685. The number of benzene rings is 1. The van der Waals surface area contributed by atoms with Gasteiger partial charge in [-0.25, -0.2) is 0 Å². The van der Waals surface area contributed by atoms with Crippen LogP contribution in [0.15, 0.2) is 6.07 Å². The standard InChI is InChI=1S/C15H20N2O2/c1-7-5-9-8(2)10(6-16)19-13(9)11-12(7)17-14(18)15(11,3)4/h5,8,10H,6,16H2,1-4H3,(H,17,18)/t8-,10+/m1/s1. The fraction of sp³-hybridized carbons (Fsp3) is 0.533. The Kier molecular flexibility index (Phi) is 2.45. The Morgan fingerprint density at radius 2 is 2.16 bits per heavy atom. The van der Waals surface area contributed by atoms with E-state index >= 15 is 0 Å². The summed E-state index contributed by atoms with van der Waals surface area (Å²) in [6.45, 7) is 8.54. The van der Waals surface area contributed by atoms with Crippen molar-refractivity contribution in [3.8, 4) is 5.75 Å². The van der Waals surface area contributed by atoms with Crippen LogP contribution in [0.4, 0.5) is 5.69 Å². The lowest BCUT2D eigenvalue weighted by molar-refractivity contribution is -0.119. The van der Waals surface area contributed by atoms with E-state index in [1.807, 2.05) is 20.8 Å². The molecule has 0 saturated heterocycles. The molecule has 1 aromatic rings. The topological polar surface area (TPSA) is 64.3 Å². The highest BCUT2D eigenvalue weighted by Gasteiger charge is 2.45. The molecule has 3 rings (SSSR count). The summed E-state index contributed by atoms with van der Waals surface area (Å²) in [4.78, 5) is 12.1. The van der Waals surface area contributed by atoms with Crippen LogP contribution in [-0.4, -0.2) is 18.6 Å². The average Bonchev–Trinajstić information content (AvgIpc) is 2.78. The number of anilines is 1. The minimum atomic E-state index is -0.547. The monoisotopic (exact) mass is 260 g/mol. The van der Waals surface area contributed by atoms with E-state index in [1.165, 1.54) is 5.56 Å². The maximum Gasteiger partial charge on any atom is 0.234 e. The number of hydrogen-bond donors (Lipinski definition) is 2. The summed E-state index contributed by atoms with van der Waals surface area (Å²) in [5.41, 5.74) is 9.41. The van der Waals surface area contributed by atoms with E-state index < -0.39 is 5.41 Å². The lowest BCUT2D eigenvalue weighted by Crippen LogP contribution is -2.29. The van der Waals surface area contributed by atoms with E-state index in [4.69, 9.17) is 10.5 Å². The summed E-state index contributed by atoms with van der Waals surface area (Å²) in [6, 6.07) is 2.12. The van der Waals surface area contributed by atoms with Crippen LogP contribution in [0.2, 0.25) is 0 Å². The fourth-order valence-corrected chi connectivity index (χ4v) is 3.14. The number of carbonyl (C=O) groups excluding carboxylic acids is 1. The maximum atomic E-state index is 12.1. The molecule has 2 aliphatic heterocycles. The van der Waals surface area contributed by atoms with Gasteiger partial charge in [-0.2, -0.15) is 0 Å². The zero-order valence-corrected chi connectivity index (χ0v) is 11.8. The van der Waals surface area contributed by atoms with Crippen LogP contribution in [-0.2, 0) is 10.2 Å². The molecule has 0 saturated carbocycles. The van der Waals surface area contributed by atoms with E-state index in [1.54, 1.807) is 0 Å². The van der Waals surface area contributed by atoms with Crippen LogP contribution in [0.5, 0.6) is 5.75 Å². The maximum absolute atomic E-state index is 12.1. The Hall–Kier alpha value is -1.55. The minimum absolute atomic E-state index is 0.00685. The van der Waals surface area contributed by atoms with Crippen LogP contribution >= 0.6 is 0 Å². The fourth-order valence-electron chi connectivity index (χ4n) is 3.14. The molecule has 1 aromatic carbocycles. The van der Waals surface area contributed by atoms with Crippen molar-refractivity contribution in [1.29, 1.82) is 0 Å². The lowest BCUT2D eigenvalue weighted by atomic mass is 9.82. The summed E-state index contributed by atoms with van der Waals surface area (Å²) in [5.74, 6) is 1.17. The van der Waals surface area contributed by atoms with Crippen molar-refractivity contribution in [2.45, 2.75) is 45.1 Å². The highest BCUT2D eigenvalue weighted by molar-refractivity contribution is 6.07. The average molecular weight is 260 g/mol. The molecule has 0 aromatic heterocycles. The summed E-state index contributed by atoms with van der Waals surface area (Å²) in [5, 5.41) is 2.98. The Balaban J connectivity index is 2.26. The molecule has 102 valence electrons. The van der Waals surface area contributed by atoms with Gasteiger partial charge in [0.15, 0.2) is 0 Å². The third-order valence-electron chi connectivity index (χ3n) is 4.49. The quantitative estimate of drug-likeness (QED) is 0.812. The van der Waals surface area contributed by atoms with Crippen LogP contribution in [0.1, 0.15) is 43.4 Å². The Bertz CT molecular complexity index is 578. The van der Waals surface area contributed by atoms with Gasteiger partial charge < -0.3 is 15.8 Å². The molecule has 0 bridgehead atoms. The Morgan fingerprint density at radius 3 is 2.79 bits per heavy atom. The largest absolute Gasteiger partial charge is 0.488 e. The van der Waals surface area contributed by atoms with E-state index in [0.29, 0.717) is 6.54 Å². The van der Waals surface area contributed by atoms with E-state index in [0.717, 1.165) is 22.6 Å². The van der Waals surface area contributed by atoms with Crippen LogP contribution in [0.3, 0.4) is 0 Å². The molecule has 0 unspecified atom stereocenters. The number of aryl methyl sites for hydroxylation is 1. The number of rotatable bonds is 1. The molecule has 2 aliphatic rings. The molecular weight excluding hydrogens is 240 g/mol. The van der Waals surface area contributed by atoms with Crippen molar-refractivity contribution in [3.63, 3.8) is 0 Å². The van der Waals surface area contributed by atoms with Crippen molar-refractivity contribution in [2.24, 2.45) is 5.73 Å². The SMILES string of the molecule is Cc1cc2c(c3c1NC(=O)C3(C)C)O[C@@H](CN)[C@@H]2C. The van der Waals surface area contributed by atoms with Crippen LogP contribution < -0.4 is 15.8 Å². The van der Waals surface area contributed by atoms with Crippen molar-refractivity contribution < 1.29 is 9.53 Å². The molecule has 3 N–H and O–H groups in total. The van der Waals surface area contributed by atoms with E-state index in [9.17, 15) is 4.79 Å². The number of amides is 1. The van der Waals surface area contributed by atoms with E-state index in [2.05, 4.69) is 18.3 Å². The Labute approximate surface area is 113 Å². The molecule has 2 heterocycles. The number of hydrogen-bond acceptors (Lipinski definition) is 3. The zero-order chi connectivity index (χ0) is 13.9. The highest BCUT2D eigenvalue weighted by atomic mass is 16.5. The highest BCUT2D eigenvalue weighted by Crippen LogP contribution is 2.51. The van der Waals surface area contributed by atoms with Crippen molar-refractivity contribution in [1.82, 2.24) is 0 Å². The van der Waals surface area contributed by atoms with E-state index in [-0.39, 0.29) is 17.9 Å². The Morgan fingerprint density at radius 1 is 1.47 bits per heavy atom. The van der Waals surface area contributed by atoms with Crippen molar-refractivity contribution in [2.75, 3.05) is 11.9 Å². The molecule has 0 aliphatic carbocycles. The molecular formula is C15H20N2O2. The number of fused-ring (bicyclic) bond motifs is 3. The van der Waals surface area contributed by atoms with Crippen molar-refractivity contribution in [3.05, 3.63) is 22.8 Å². The molecule has 4 nitrogen and oxygen atoms in total. The van der Waals surface area contributed by atoms with Gasteiger partial charge in [0.2, 0.25) is 5.91 Å². The van der Waals surface area contributed by atoms with Gasteiger partial charge in [-0.1, -0.05) is 6.92 Å². The van der Waals surface area contributed by atoms with Crippen LogP contribution in [0, 0.1) is 6.92 Å². The molecule has 0 fully saturated rings. The van der Waals surface area contributed by atoms with Gasteiger partial charge in [-0.15, -0.1) is 0 Å². The molecule has 2 atom stereocenters. The summed E-state index contributed by atoms with van der Waals surface area (Å²) >= 11 is 0. The lowest BCUT2D eigenvalue weighted by Gasteiger charge is -2.19. The van der Waals surface area contributed by atoms with Gasteiger partial charge in [0.25, 0.3) is 0 Å². The summed E-state index contributed by atoms with van der Waals surface area (Å²) in [7, 11) is 0. The zero-order valence-electron chi connectivity index (χ0n) is 11.8. The van der Waals surface area contributed by atoms with Gasteiger partial charge >= 0.3 is 0 Å². The normalized spacial score (nSPS) is 26.7. The summed E-state index contributed by atoms with van der Waals surface area (Å²) < 4.78 is 6.03. The molecule has 4 heteroatoms. The third kappa shape index (κ3) is 1.46. The van der Waals surface area contributed by atoms with Gasteiger partial charge in [-0.05, 0) is 32.4 Å². The first-order valence-corrected chi connectivity index (χ1v) is 6.74. The van der Waals surface area contributed by atoms with Gasteiger partial charge in [-0.3, -0.25) is 4.79 Å². The molecule has 19 heavy (non-hydrogen) atoms. The number of ether oxygens (including phenoxy) is 1.